The summed E-state index contributed by atoms with van der Waals surface area (Å²) in [5, 5.41) is 12.4. The number of urea groups is 1. The molecule has 0 bridgehead atoms. The Labute approximate surface area is 176 Å². The highest BCUT2D eigenvalue weighted by molar-refractivity contribution is 5.77. The SMILES string of the molecule is CCOc1cc2c(cc1OCC)C(CC(=O)O)N(C(=O)NCc1ccccc1)CC2. The number of hydrogen-bond acceptors (Lipinski definition) is 4. The van der Waals surface area contributed by atoms with Gasteiger partial charge >= 0.3 is 12.0 Å². The van der Waals surface area contributed by atoms with Crippen LogP contribution in [0.4, 0.5) is 4.79 Å². The summed E-state index contributed by atoms with van der Waals surface area (Å²) >= 11 is 0. The van der Waals surface area contributed by atoms with Crippen molar-refractivity contribution in [3.63, 3.8) is 0 Å². The first kappa shape index (κ1) is 21.5. The lowest BCUT2D eigenvalue weighted by molar-refractivity contribution is -0.138. The van der Waals surface area contributed by atoms with Crippen LogP contribution in [0.5, 0.6) is 11.5 Å². The van der Waals surface area contributed by atoms with E-state index in [0.29, 0.717) is 44.2 Å². The number of benzene rings is 2. The van der Waals surface area contributed by atoms with E-state index in [0.717, 1.165) is 16.7 Å². The highest BCUT2D eigenvalue weighted by atomic mass is 16.5. The Balaban J connectivity index is 1.87. The van der Waals surface area contributed by atoms with Gasteiger partial charge in [-0.1, -0.05) is 30.3 Å². The van der Waals surface area contributed by atoms with Gasteiger partial charge < -0.3 is 24.8 Å². The summed E-state index contributed by atoms with van der Waals surface area (Å²) in [4.78, 5) is 26.1. The van der Waals surface area contributed by atoms with Crippen LogP contribution in [0.15, 0.2) is 42.5 Å². The number of rotatable bonds is 8. The second-order valence-corrected chi connectivity index (χ2v) is 7.07. The molecule has 0 spiro atoms. The van der Waals surface area contributed by atoms with E-state index in [1.165, 1.54) is 0 Å². The first-order chi connectivity index (χ1) is 14.5. The molecule has 2 N–H and O–H groups in total. The number of amides is 2. The number of hydrogen-bond donors (Lipinski definition) is 2. The maximum Gasteiger partial charge on any atom is 0.318 e. The first-order valence-corrected chi connectivity index (χ1v) is 10.3. The molecule has 2 aromatic carbocycles. The number of nitrogens with one attached hydrogen (secondary N) is 1. The van der Waals surface area contributed by atoms with Gasteiger partial charge in [0, 0.05) is 13.1 Å². The highest BCUT2D eigenvalue weighted by Crippen LogP contribution is 2.39. The highest BCUT2D eigenvalue weighted by Gasteiger charge is 2.33. The average Bonchev–Trinajstić information content (AvgIpc) is 2.73. The summed E-state index contributed by atoms with van der Waals surface area (Å²) in [6.45, 7) is 5.57. The zero-order valence-electron chi connectivity index (χ0n) is 17.4. The van der Waals surface area contributed by atoms with E-state index in [4.69, 9.17) is 9.47 Å². The second kappa shape index (κ2) is 10.0. The number of ether oxygens (including phenoxy) is 2. The minimum absolute atomic E-state index is 0.175. The number of carbonyl (C=O) groups excluding carboxylic acids is 1. The van der Waals surface area contributed by atoms with Gasteiger partial charge in [0.25, 0.3) is 0 Å². The molecule has 1 aliphatic heterocycles. The van der Waals surface area contributed by atoms with Gasteiger partial charge in [0.2, 0.25) is 0 Å². The van der Waals surface area contributed by atoms with Crippen LogP contribution < -0.4 is 14.8 Å². The fourth-order valence-corrected chi connectivity index (χ4v) is 3.75. The number of carboxylic acids is 1. The van der Waals surface area contributed by atoms with E-state index in [-0.39, 0.29) is 12.5 Å². The third kappa shape index (κ3) is 5.03. The largest absolute Gasteiger partial charge is 0.490 e. The molecule has 1 heterocycles. The lowest BCUT2D eigenvalue weighted by Gasteiger charge is -2.37. The van der Waals surface area contributed by atoms with Crippen molar-refractivity contribution in [2.24, 2.45) is 0 Å². The van der Waals surface area contributed by atoms with Gasteiger partial charge in [-0.15, -0.1) is 0 Å². The molecular weight excluding hydrogens is 384 g/mol. The Hall–Kier alpha value is -3.22. The minimum atomic E-state index is -0.958. The van der Waals surface area contributed by atoms with Gasteiger partial charge in [0.15, 0.2) is 11.5 Å². The van der Waals surface area contributed by atoms with E-state index in [9.17, 15) is 14.7 Å². The van der Waals surface area contributed by atoms with Crippen LogP contribution in [-0.4, -0.2) is 41.8 Å². The molecule has 1 atom stereocenters. The lowest BCUT2D eigenvalue weighted by atomic mass is 9.90. The summed E-state index contributed by atoms with van der Waals surface area (Å²) in [6.07, 6.45) is 0.446. The predicted octanol–water partition coefficient (Wildman–Crippen LogP) is 3.77. The molecule has 0 fully saturated rings. The van der Waals surface area contributed by atoms with Gasteiger partial charge in [0.1, 0.15) is 0 Å². The smallest absolute Gasteiger partial charge is 0.318 e. The van der Waals surface area contributed by atoms with Crippen molar-refractivity contribution in [2.75, 3.05) is 19.8 Å². The molecule has 2 aromatic rings. The maximum absolute atomic E-state index is 12.9. The summed E-state index contributed by atoms with van der Waals surface area (Å²) in [6, 6.07) is 12.5. The van der Waals surface area contributed by atoms with Crippen LogP contribution in [0.25, 0.3) is 0 Å². The molecular formula is C23H28N2O5. The number of carboxylic acid groups (broad SMARTS) is 1. The Bertz CT molecular complexity index is 885. The molecule has 7 heteroatoms. The van der Waals surface area contributed by atoms with Crippen LogP contribution in [0.3, 0.4) is 0 Å². The minimum Gasteiger partial charge on any atom is -0.490 e. The molecule has 2 amide bonds. The van der Waals surface area contributed by atoms with Crippen molar-refractivity contribution >= 4 is 12.0 Å². The topological polar surface area (TPSA) is 88.1 Å². The van der Waals surface area contributed by atoms with Crippen molar-refractivity contribution in [1.29, 1.82) is 0 Å². The molecule has 0 aromatic heterocycles. The van der Waals surface area contributed by atoms with E-state index in [1.54, 1.807) is 4.90 Å². The molecule has 3 rings (SSSR count). The van der Waals surface area contributed by atoms with Gasteiger partial charge in [0.05, 0.1) is 25.7 Å². The third-order valence-corrected chi connectivity index (χ3v) is 5.08. The normalized spacial score (nSPS) is 15.3. The number of aliphatic carboxylic acids is 1. The zero-order valence-corrected chi connectivity index (χ0v) is 17.4. The quantitative estimate of drug-likeness (QED) is 0.689. The van der Waals surface area contributed by atoms with E-state index >= 15 is 0 Å². The van der Waals surface area contributed by atoms with Crippen LogP contribution in [-0.2, 0) is 17.8 Å². The predicted molar refractivity (Wildman–Crippen MR) is 113 cm³/mol. The average molecular weight is 412 g/mol. The van der Waals surface area contributed by atoms with Crippen molar-refractivity contribution in [2.45, 2.75) is 39.3 Å². The van der Waals surface area contributed by atoms with Gasteiger partial charge in [-0.2, -0.15) is 0 Å². The van der Waals surface area contributed by atoms with Crippen molar-refractivity contribution < 1.29 is 24.2 Å². The standard InChI is InChI=1S/C23H28N2O5/c1-3-29-20-12-17-10-11-25(23(28)24-15-16-8-6-5-7-9-16)19(14-22(26)27)18(17)13-21(20)30-4-2/h5-9,12-13,19H,3-4,10-11,14-15H2,1-2H3,(H,24,28)(H,26,27). The zero-order chi connectivity index (χ0) is 21.5. The van der Waals surface area contributed by atoms with Crippen molar-refractivity contribution in [1.82, 2.24) is 10.2 Å². The Morgan fingerprint density at radius 2 is 1.77 bits per heavy atom. The molecule has 7 nitrogen and oxygen atoms in total. The Kier molecular flexibility index (Phi) is 7.17. The second-order valence-electron chi connectivity index (χ2n) is 7.07. The molecule has 1 aliphatic rings. The third-order valence-electron chi connectivity index (χ3n) is 5.08. The monoisotopic (exact) mass is 412 g/mol. The van der Waals surface area contributed by atoms with E-state index < -0.39 is 12.0 Å². The molecule has 30 heavy (non-hydrogen) atoms. The van der Waals surface area contributed by atoms with Gasteiger partial charge in [-0.05, 0) is 49.1 Å². The van der Waals surface area contributed by atoms with Crippen molar-refractivity contribution in [3.05, 3.63) is 59.2 Å². The summed E-state index contributed by atoms with van der Waals surface area (Å²) < 4.78 is 11.4. The number of fused-ring (bicyclic) bond motifs is 1. The molecule has 160 valence electrons. The molecule has 0 radical (unpaired) electrons. The molecule has 0 aliphatic carbocycles. The summed E-state index contributed by atoms with van der Waals surface area (Å²) in [5.41, 5.74) is 2.77. The first-order valence-electron chi connectivity index (χ1n) is 10.3. The van der Waals surface area contributed by atoms with Gasteiger partial charge in [-0.3, -0.25) is 4.79 Å². The Morgan fingerprint density at radius 1 is 1.10 bits per heavy atom. The van der Waals surface area contributed by atoms with Gasteiger partial charge in [-0.25, -0.2) is 4.79 Å². The fourth-order valence-electron chi connectivity index (χ4n) is 3.75. The number of nitrogens with zero attached hydrogens (tertiary/aromatic N) is 1. The fraction of sp³-hybridized carbons (Fsp3) is 0.391. The molecule has 0 saturated heterocycles. The summed E-state index contributed by atoms with van der Waals surface area (Å²) in [7, 11) is 0. The maximum atomic E-state index is 12.9. The lowest BCUT2D eigenvalue weighted by Crippen LogP contribution is -2.46. The van der Waals surface area contributed by atoms with Crippen molar-refractivity contribution in [3.8, 4) is 11.5 Å². The Morgan fingerprint density at radius 3 is 2.40 bits per heavy atom. The van der Waals surface area contributed by atoms with E-state index in [2.05, 4.69) is 5.32 Å². The molecule has 0 saturated carbocycles. The number of carbonyl (C=O) groups is 2. The van der Waals surface area contributed by atoms with Crippen LogP contribution >= 0.6 is 0 Å². The van der Waals surface area contributed by atoms with Crippen LogP contribution in [0.2, 0.25) is 0 Å². The molecule has 1 unspecified atom stereocenters. The van der Waals surface area contributed by atoms with Crippen LogP contribution in [0.1, 0.15) is 43.0 Å². The summed E-state index contributed by atoms with van der Waals surface area (Å²) in [5.74, 6) is 0.259. The van der Waals surface area contributed by atoms with Crippen LogP contribution in [0, 0.1) is 0 Å². The van der Waals surface area contributed by atoms with E-state index in [1.807, 2.05) is 56.3 Å².